The minimum atomic E-state index is 0.244. The highest BCUT2D eigenvalue weighted by Crippen LogP contribution is 2.36. The third-order valence-electron chi connectivity index (χ3n) is 3.65. The number of fused-ring (bicyclic) bond motifs is 2. The van der Waals surface area contributed by atoms with Gasteiger partial charge in [-0.05, 0) is 41.6 Å². The molecule has 1 unspecified atom stereocenters. The predicted molar refractivity (Wildman–Crippen MR) is 84.0 cm³/mol. The van der Waals surface area contributed by atoms with Gasteiger partial charge in [0.15, 0.2) is 0 Å². The predicted octanol–water partition coefficient (Wildman–Crippen LogP) is 3.60. The Hall–Kier alpha value is -1.43. The van der Waals surface area contributed by atoms with E-state index in [1.54, 1.807) is 18.4 Å². The summed E-state index contributed by atoms with van der Waals surface area (Å²) in [5, 5.41) is 6.92. The number of nitrogens with one attached hydrogen (secondary N) is 1. The number of aromatic nitrogens is 1. The second-order valence-corrected chi connectivity index (χ2v) is 6.88. The molecule has 3 heterocycles. The smallest absolute Gasteiger partial charge is 0.120 e. The summed E-state index contributed by atoms with van der Waals surface area (Å²) in [5.74, 6) is 0.889. The normalized spacial score (nSPS) is 18.1. The number of nitrogens with zero attached hydrogens (tertiary/aromatic N) is 1. The highest BCUT2D eigenvalue weighted by Gasteiger charge is 2.25. The number of thiazole rings is 1. The van der Waals surface area contributed by atoms with E-state index in [0.717, 1.165) is 29.2 Å². The highest BCUT2D eigenvalue weighted by molar-refractivity contribution is 7.18. The van der Waals surface area contributed by atoms with E-state index >= 15 is 0 Å². The Morgan fingerprint density at radius 2 is 2.30 bits per heavy atom. The number of rotatable bonds is 2. The SMILES string of the molecule is COc1ccc2nc(C3NCCc4sccc43)sc2c1. The van der Waals surface area contributed by atoms with Crippen molar-refractivity contribution in [3.63, 3.8) is 0 Å². The zero-order valence-electron chi connectivity index (χ0n) is 11.1. The van der Waals surface area contributed by atoms with Crippen molar-refractivity contribution in [1.82, 2.24) is 10.3 Å². The topological polar surface area (TPSA) is 34.1 Å². The Morgan fingerprint density at radius 1 is 1.35 bits per heavy atom. The van der Waals surface area contributed by atoms with Gasteiger partial charge in [-0.1, -0.05) is 0 Å². The maximum absolute atomic E-state index is 5.29. The average molecular weight is 302 g/mol. The van der Waals surface area contributed by atoms with Gasteiger partial charge in [-0.15, -0.1) is 22.7 Å². The first-order chi connectivity index (χ1) is 9.85. The van der Waals surface area contributed by atoms with Gasteiger partial charge in [0.2, 0.25) is 0 Å². The summed E-state index contributed by atoms with van der Waals surface area (Å²) in [5.41, 5.74) is 2.45. The molecule has 0 saturated carbocycles. The number of methoxy groups -OCH3 is 1. The molecule has 0 aliphatic carbocycles. The van der Waals surface area contributed by atoms with E-state index in [9.17, 15) is 0 Å². The van der Waals surface area contributed by atoms with E-state index in [2.05, 4.69) is 22.8 Å². The maximum Gasteiger partial charge on any atom is 0.120 e. The number of ether oxygens (including phenoxy) is 1. The molecule has 3 aromatic rings. The van der Waals surface area contributed by atoms with Crippen molar-refractivity contribution in [2.75, 3.05) is 13.7 Å². The Labute approximate surface area is 125 Å². The van der Waals surface area contributed by atoms with Gasteiger partial charge in [-0.3, -0.25) is 0 Å². The Balaban J connectivity index is 1.80. The molecule has 1 aliphatic heterocycles. The van der Waals surface area contributed by atoms with Crippen LogP contribution in [0.5, 0.6) is 5.75 Å². The van der Waals surface area contributed by atoms with Crippen LogP contribution in [0.1, 0.15) is 21.5 Å². The van der Waals surface area contributed by atoms with Crippen LogP contribution in [0.3, 0.4) is 0 Å². The largest absolute Gasteiger partial charge is 0.497 e. The first-order valence-corrected chi connectivity index (χ1v) is 8.29. The van der Waals surface area contributed by atoms with Crippen LogP contribution in [0.15, 0.2) is 29.6 Å². The molecule has 3 nitrogen and oxygen atoms in total. The molecule has 0 bridgehead atoms. The molecule has 5 heteroatoms. The third kappa shape index (κ3) is 1.93. The molecule has 0 fully saturated rings. The molecule has 4 rings (SSSR count). The molecule has 0 spiro atoms. The van der Waals surface area contributed by atoms with Crippen LogP contribution in [0.2, 0.25) is 0 Å². The molecule has 1 aliphatic rings. The number of benzene rings is 1. The van der Waals surface area contributed by atoms with Gasteiger partial charge in [0.1, 0.15) is 10.8 Å². The fourth-order valence-corrected chi connectivity index (χ4v) is 4.66. The van der Waals surface area contributed by atoms with E-state index in [-0.39, 0.29) is 6.04 Å². The van der Waals surface area contributed by atoms with Gasteiger partial charge < -0.3 is 10.1 Å². The van der Waals surface area contributed by atoms with Gasteiger partial charge >= 0.3 is 0 Å². The minimum Gasteiger partial charge on any atom is -0.497 e. The van der Waals surface area contributed by atoms with Crippen LogP contribution in [0.4, 0.5) is 0 Å². The molecule has 0 radical (unpaired) electrons. The summed E-state index contributed by atoms with van der Waals surface area (Å²) in [6, 6.07) is 8.53. The number of hydrogen-bond donors (Lipinski definition) is 1. The zero-order valence-corrected chi connectivity index (χ0v) is 12.7. The van der Waals surface area contributed by atoms with Crippen LogP contribution in [-0.2, 0) is 6.42 Å². The van der Waals surface area contributed by atoms with Gasteiger partial charge in [0.25, 0.3) is 0 Å². The lowest BCUT2D eigenvalue weighted by Gasteiger charge is -2.22. The molecule has 1 atom stereocenters. The summed E-state index contributed by atoms with van der Waals surface area (Å²) < 4.78 is 6.47. The lowest BCUT2D eigenvalue weighted by molar-refractivity contribution is 0.415. The van der Waals surface area contributed by atoms with Crippen LogP contribution in [-0.4, -0.2) is 18.6 Å². The van der Waals surface area contributed by atoms with Crippen LogP contribution in [0.25, 0.3) is 10.2 Å². The van der Waals surface area contributed by atoms with Crippen molar-refractivity contribution in [3.05, 3.63) is 45.1 Å². The molecule has 0 saturated heterocycles. The van der Waals surface area contributed by atoms with Gasteiger partial charge in [-0.25, -0.2) is 4.98 Å². The first-order valence-electron chi connectivity index (χ1n) is 6.59. The summed E-state index contributed by atoms with van der Waals surface area (Å²) in [7, 11) is 1.70. The summed E-state index contributed by atoms with van der Waals surface area (Å²) >= 11 is 3.60. The molecule has 20 heavy (non-hydrogen) atoms. The van der Waals surface area contributed by atoms with Gasteiger partial charge in [0.05, 0.1) is 23.4 Å². The van der Waals surface area contributed by atoms with Crippen molar-refractivity contribution >= 4 is 32.9 Å². The zero-order chi connectivity index (χ0) is 13.5. The third-order valence-corrected chi connectivity index (χ3v) is 5.73. The van der Waals surface area contributed by atoms with E-state index in [1.807, 2.05) is 23.5 Å². The fraction of sp³-hybridized carbons (Fsp3) is 0.267. The fourth-order valence-electron chi connectivity index (χ4n) is 2.64. The van der Waals surface area contributed by atoms with Crippen molar-refractivity contribution in [2.45, 2.75) is 12.5 Å². The summed E-state index contributed by atoms with van der Waals surface area (Å²) in [6.07, 6.45) is 1.13. The van der Waals surface area contributed by atoms with Gasteiger partial charge in [-0.2, -0.15) is 0 Å². The van der Waals surface area contributed by atoms with Crippen molar-refractivity contribution < 1.29 is 4.74 Å². The molecule has 1 N–H and O–H groups in total. The van der Waals surface area contributed by atoms with Crippen LogP contribution < -0.4 is 10.1 Å². The lowest BCUT2D eigenvalue weighted by atomic mass is 10.0. The Bertz CT molecular complexity index is 762. The van der Waals surface area contributed by atoms with E-state index < -0.39 is 0 Å². The monoisotopic (exact) mass is 302 g/mol. The van der Waals surface area contributed by atoms with Crippen molar-refractivity contribution in [3.8, 4) is 5.75 Å². The van der Waals surface area contributed by atoms with E-state index in [4.69, 9.17) is 9.72 Å². The minimum absolute atomic E-state index is 0.244. The summed E-state index contributed by atoms with van der Waals surface area (Å²) in [6.45, 7) is 1.03. The second-order valence-electron chi connectivity index (χ2n) is 4.82. The van der Waals surface area contributed by atoms with E-state index in [0.29, 0.717) is 0 Å². The first kappa shape index (κ1) is 12.3. The van der Waals surface area contributed by atoms with Crippen LogP contribution >= 0.6 is 22.7 Å². The molecule has 102 valence electrons. The Morgan fingerprint density at radius 3 is 3.20 bits per heavy atom. The molecule has 0 amide bonds. The quantitative estimate of drug-likeness (QED) is 0.785. The second kappa shape index (κ2) is 4.84. The summed E-state index contributed by atoms with van der Waals surface area (Å²) in [4.78, 5) is 6.29. The molecular weight excluding hydrogens is 288 g/mol. The van der Waals surface area contributed by atoms with Crippen LogP contribution in [0, 0.1) is 0 Å². The molecule has 2 aromatic heterocycles. The lowest BCUT2D eigenvalue weighted by Crippen LogP contribution is -2.29. The van der Waals surface area contributed by atoms with Gasteiger partial charge in [0, 0.05) is 11.4 Å². The van der Waals surface area contributed by atoms with E-state index in [1.165, 1.54) is 15.1 Å². The van der Waals surface area contributed by atoms with Crippen molar-refractivity contribution in [2.24, 2.45) is 0 Å². The number of thiophene rings is 1. The maximum atomic E-state index is 5.29. The molecular formula is C15H14N2OS2. The van der Waals surface area contributed by atoms with Crippen molar-refractivity contribution in [1.29, 1.82) is 0 Å². The Kier molecular flexibility index (Phi) is 2.98. The highest BCUT2D eigenvalue weighted by atomic mass is 32.1. The molecule has 1 aromatic carbocycles. The number of hydrogen-bond acceptors (Lipinski definition) is 5. The standard InChI is InChI=1S/C15H14N2OS2/c1-18-9-2-3-11-13(8-9)20-15(17-11)14-10-5-7-19-12(10)4-6-16-14/h2-3,5,7-8,14,16H,4,6H2,1H3. The average Bonchev–Trinajstić information content (AvgIpc) is 3.12.